The summed E-state index contributed by atoms with van der Waals surface area (Å²) in [5, 5.41) is 15.2. The first-order valence-electron chi connectivity index (χ1n) is 8.22. The van der Waals surface area contributed by atoms with Crippen molar-refractivity contribution in [3.8, 4) is 5.75 Å². The van der Waals surface area contributed by atoms with Crippen molar-refractivity contribution in [3.63, 3.8) is 0 Å². The van der Waals surface area contributed by atoms with Gasteiger partial charge in [-0.15, -0.1) is 0 Å². The number of aromatic hydroxyl groups is 1. The summed E-state index contributed by atoms with van der Waals surface area (Å²) in [5.74, 6) is -0.659. The summed E-state index contributed by atoms with van der Waals surface area (Å²) >= 11 is 0. The summed E-state index contributed by atoms with van der Waals surface area (Å²) in [7, 11) is 0. The molecule has 0 bridgehead atoms. The summed E-state index contributed by atoms with van der Waals surface area (Å²) in [6.07, 6.45) is 2.10. The molecule has 1 aliphatic rings. The van der Waals surface area contributed by atoms with Crippen molar-refractivity contribution >= 4 is 17.5 Å². The molecule has 2 amide bonds. The Morgan fingerprint density at radius 2 is 1.84 bits per heavy atom. The highest BCUT2D eigenvalue weighted by molar-refractivity contribution is 6.06. The molecule has 2 aromatic carbocycles. The highest BCUT2D eigenvalue weighted by Gasteiger charge is 2.17. The second kappa shape index (κ2) is 7.81. The highest BCUT2D eigenvalue weighted by Crippen LogP contribution is 2.18. The van der Waals surface area contributed by atoms with Crippen LogP contribution in [0, 0.1) is 0 Å². The van der Waals surface area contributed by atoms with E-state index < -0.39 is 5.91 Å². The molecule has 0 spiro atoms. The first-order valence-corrected chi connectivity index (χ1v) is 8.22. The summed E-state index contributed by atoms with van der Waals surface area (Å²) in [6.45, 7) is 1.26. The first-order chi connectivity index (χ1) is 12.1. The predicted molar refractivity (Wildman–Crippen MR) is 93.8 cm³/mol. The maximum Gasteiger partial charge on any atom is 0.259 e. The van der Waals surface area contributed by atoms with Crippen LogP contribution >= 0.6 is 0 Å². The summed E-state index contributed by atoms with van der Waals surface area (Å²) in [6, 6.07) is 12.9. The first kappa shape index (κ1) is 17.0. The van der Waals surface area contributed by atoms with E-state index in [0.717, 1.165) is 19.4 Å². The number of hydrogen-bond acceptors (Lipinski definition) is 4. The smallest absolute Gasteiger partial charge is 0.259 e. The zero-order chi connectivity index (χ0) is 17.6. The Bertz CT molecular complexity index is 752. The van der Waals surface area contributed by atoms with Gasteiger partial charge in [0.1, 0.15) is 5.75 Å². The van der Waals surface area contributed by atoms with Gasteiger partial charge in [-0.05, 0) is 49.2 Å². The molecule has 1 saturated heterocycles. The Morgan fingerprint density at radius 3 is 2.52 bits per heavy atom. The van der Waals surface area contributed by atoms with Gasteiger partial charge in [0.05, 0.1) is 11.7 Å². The molecule has 0 radical (unpaired) electrons. The molecule has 6 nitrogen and oxygen atoms in total. The van der Waals surface area contributed by atoms with Gasteiger partial charge in [-0.3, -0.25) is 9.59 Å². The van der Waals surface area contributed by atoms with Gasteiger partial charge in [0.15, 0.2) is 0 Å². The summed E-state index contributed by atoms with van der Waals surface area (Å²) < 4.78 is 5.47. The number of carbonyl (C=O) groups excluding carboxylic acids is 2. The maximum atomic E-state index is 12.1. The van der Waals surface area contributed by atoms with Gasteiger partial charge < -0.3 is 20.5 Å². The third kappa shape index (κ3) is 4.36. The second-order valence-electron chi connectivity index (χ2n) is 5.89. The average molecular weight is 340 g/mol. The van der Waals surface area contributed by atoms with Crippen molar-refractivity contribution in [1.82, 2.24) is 5.32 Å². The van der Waals surface area contributed by atoms with Crippen LogP contribution in [0.5, 0.6) is 5.75 Å². The molecule has 1 aliphatic heterocycles. The molecule has 2 aromatic rings. The van der Waals surface area contributed by atoms with Crippen LogP contribution < -0.4 is 10.6 Å². The van der Waals surface area contributed by atoms with E-state index in [-0.39, 0.29) is 23.3 Å². The summed E-state index contributed by atoms with van der Waals surface area (Å²) in [5.41, 5.74) is 1.25. The zero-order valence-electron chi connectivity index (χ0n) is 13.7. The SMILES string of the molecule is O=C(NCC1CCCO1)c1ccc(NC(=O)c2ccccc2O)cc1. The van der Waals surface area contributed by atoms with Crippen LogP contribution in [0.2, 0.25) is 0 Å². The lowest BCUT2D eigenvalue weighted by Crippen LogP contribution is -2.31. The van der Waals surface area contributed by atoms with E-state index in [4.69, 9.17) is 4.74 Å². The molecular formula is C19H20N2O4. The fraction of sp³-hybridized carbons (Fsp3) is 0.263. The standard InChI is InChI=1S/C19H20N2O4/c22-17-6-2-1-5-16(17)19(24)21-14-9-7-13(8-10-14)18(23)20-12-15-4-3-11-25-15/h1-2,5-10,15,22H,3-4,11-12H2,(H,20,23)(H,21,24). The van der Waals surface area contributed by atoms with Crippen LogP contribution in [0.1, 0.15) is 33.6 Å². The Labute approximate surface area is 145 Å². The molecule has 1 heterocycles. The summed E-state index contributed by atoms with van der Waals surface area (Å²) in [4.78, 5) is 24.3. The molecule has 1 fully saturated rings. The normalized spacial score (nSPS) is 16.4. The minimum Gasteiger partial charge on any atom is -0.507 e. The number of ether oxygens (including phenoxy) is 1. The Hall–Kier alpha value is -2.86. The van der Waals surface area contributed by atoms with Crippen LogP contribution in [0.25, 0.3) is 0 Å². The average Bonchev–Trinajstić information content (AvgIpc) is 3.14. The fourth-order valence-electron chi connectivity index (χ4n) is 2.68. The zero-order valence-corrected chi connectivity index (χ0v) is 13.7. The quantitative estimate of drug-likeness (QED) is 0.780. The van der Waals surface area contributed by atoms with Crippen LogP contribution in [0.3, 0.4) is 0 Å². The minimum absolute atomic E-state index is 0.0786. The molecular weight excluding hydrogens is 320 g/mol. The Morgan fingerprint density at radius 1 is 1.08 bits per heavy atom. The monoisotopic (exact) mass is 340 g/mol. The number of amides is 2. The number of carbonyl (C=O) groups is 2. The largest absolute Gasteiger partial charge is 0.507 e. The van der Waals surface area contributed by atoms with Gasteiger partial charge in [0, 0.05) is 24.4 Å². The van der Waals surface area contributed by atoms with E-state index in [1.807, 2.05) is 0 Å². The van der Waals surface area contributed by atoms with Crippen LogP contribution in [0.15, 0.2) is 48.5 Å². The molecule has 25 heavy (non-hydrogen) atoms. The molecule has 130 valence electrons. The number of benzene rings is 2. The van der Waals surface area contributed by atoms with Crippen LogP contribution in [-0.4, -0.2) is 36.2 Å². The van der Waals surface area contributed by atoms with Gasteiger partial charge in [0.2, 0.25) is 0 Å². The van der Waals surface area contributed by atoms with E-state index in [1.165, 1.54) is 12.1 Å². The van der Waals surface area contributed by atoms with E-state index in [0.29, 0.717) is 17.8 Å². The lowest BCUT2D eigenvalue weighted by atomic mass is 10.1. The number of phenolic OH excluding ortho intramolecular Hbond substituents is 1. The fourth-order valence-corrected chi connectivity index (χ4v) is 2.68. The van der Waals surface area contributed by atoms with Crippen LogP contribution in [0.4, 0.5) is 5.69 Å². The lowest BCUT2D eigenvalue weighted by Gasteiger charge is -2.11. The van der Waals surface area contributed by atoms with Crippen molar-refractivity contribution in [2.45, 2.75) is 18.9 Å². The van der Waals surface area contributed by atoms with Gasteiger partial charge in [-0.25, -0.2) is 0 Å². The van der Waals surface area contributed by atoms with E-state index in [2.05, 4.69) is 10.6 Å². The van der Waals surface area contributed by atoms with Crippen molar-refractivity contribution in [3.05, 3.63) is 59.7 Å². The number of hydrogen-bond donors (Lipinski definition) is 3. The molecule has 1 unspecified atom stereocenters. The van der Waals surface area contributed by atoms with Gasteiger partial charge >= 0.3 is 0 Å². The molecule has 0 aliphatic carbocycles. The molecule has 1 atom stereocenters. The topological polar surface area (TPSA) is 87.7 Å². The maximum absolute atomic E-state index is 12.1. The van der Waals surface area contributed by atoms with E-state index in [9.17, 15) is 14.7 Å². The number of nitrogens with one attached hydrogen (secondary N) is 2. The third-order valence-corrected chi connectivity index (χ3v) is 4.07. The van der Waals surface area contributed by atoms with Crippen molar-refractivity contribution < 1.29 is 19.4 Å². The van der Waals surface area contributed by atoms with Crippen LogP contribution in [-0.2, 0) is 4.74 Å². The number of para-hydroxylation sites is 1. The van der Waals surface area contributed by atoms with Crippen molar-refractivity contribution in [2.75, 3.05) is 18.5 Å². The molecule has 3 N–H and O–H groups in total. The van der Waals surface area contributed by atoms with Crippen molar-refractivity contribution in [1.29, 1.82) is 0 Å². The Balaban J connectivity index is 1.57. The van der Waals surface area contributed by atoms with E-state index >= 15 is 0 Å². The van der Waals surface area contributed by atoms with Gasteiger partial charge in [-0.2, -0.15) is 0 Å². The van der Waals surface area contributed by atoms with Crippen molar-refractivity contribution in [2.24, 2.45) is 0 Å². The van der Waals surface area contributed by atoms with Gasteiger partial charge in [0.25, 0.3) is 11.8 Å². The number of phenols is 1. The van der Waals surface area contributed by atoms with Gasteiger partial charge in [-0.1, -0.05) is 12.1 Å². The molecule has 3 rings (SSSR count). The van der Waals surface area contributed by atoms with E-state index in [1.54, 1.807) is 36.4 Å². The number of anilines is 1. The Kier molecular flexibility index (Phi) is 5.30. The second-order valence-corrected chi connectivity index (χ2v) is 5.89. The number of rotatable bonds is 5. The lowest BCUT2D eigenvalue weighted by molar-refractivity contribution is 0.0857. The minimum atomic E-state index is -0.409. The third-order valence-electron chi connectivity index (χ3n) is 4.07. The molecule has 0 saturated carbocycles. The molecule has 0 aromatic heterocycles. The highest BCUT2D eigenvalue weighted by atomic mass is 16.5. The predicted octanol–water partition coefficient (Wildman–Crippen LogP) is 2.55. The molecule has 6 heteroatoms.